The number of rotatable bonds is 6. The van der Waals surface area contributed by atoms with Crippen LogP contribution in [0.4, 0.5) is 5.69 Å². The predicted molar refractivity (Wildman–Crippen MR) is 95.1 cm³/mol. The molecular formula is C20H25NO2. The standard InChI is InChI=1S/C20H25NO2/c1-5-16-11-8-10-15(4)19(16)21-20(22)18(6-2)23-17-12-7-9-14(3)13-17/h7-13,18H,5-6H2,1-4H3,(H,21,22)/t18-/m0/s1. The lowest BCUT2D eigenvalue weighted by molar-refractivity contribution is -0.122. The van der Waals surface area contributed by atoms with Crippen LogP contribution in [0.15, 0.2) is 42.5 Å². The summed E-state index contributed by atoms with van der Waals surface area (Å²) in [6.07, 6.45) is 1.00. The summed E-state index contributed by atoms with van der Waals surface area (Å²) in [7, 11) is 0. The topological polar surface area (TPSA) is 38.3 Å². The molecule has 122 valence electrons. The molecule has 1 atom stereocenters. The second kappa shape index (κ2) is 7.82. The average molecular weight is 311 g/mol. The van der Waals surface area contributed by atoms with E-state index in [0.717, 1.165) is 34.5 Å². The van der Waals surface area contributed by atoms with E-state index in [2.05, 4.69) is 12.2 Å². The second-order valence-electron chi connectivity index (χ2n) is 5.78. The van der Waals surface area contributed by atoms with Crippen molar-refractivity contribution in [3.05, 3.63) is 59.2 Å². The molecule has 0 saturated heterocycles. The predicted octanol–water partition coefficient (Wildman–Crippen LogP) is 4.66. The molecule has 1 amide bonds. The Kier molecular flexibility index (Phi) is 5.80. The maximum absolute atomic E-state index is 12.6. The fraction of sp³-hybridized carbons (Fsp3) is 0.350. The molecule has 0 aromatic heterocycles. The van der Waals surface area contributed by atoms with Crippen LogP contribution in [0.2, 0.25) is 0 Å². The summed E-state index contributed by atoms with van der Waals surface area (Å²) in [5.41, 5.74) is 4.24. The molecule has 0 spiro atoms. The number of carbonyl (C=O) groups is 1. The number of benzene rings is 2. The Labute approximate surface area is 138 Å². The molecule has 0 aliphatic rings. The van der Waals surface area contributed by atoms with Crippen LogP contribution in [0, 0.1) is 13.8 Å². The van der Waals surface area contributed by atoms with Gasteiger partial charge in [0.05, 0.1) is 0 Å². The van der Waals surface area contributed by atoms with Gasteiger partial charge in [0, 0.05) is 5.69 Å². The molecule has 0 bridgehead atoms. The van der Waals surface area contributed by atoms with Crippen LogP contribution in [0.1, 0.15) is 37.0 Å². The molecular weight excluding hydrogens is 286 g/mol. The Morgan fingerprint density at radius 2 is 1.87 bits per heavy atom. The van der Waals surface area contributed by atoms with Crippen molar-refractivity contribution >= 4 is 11.6 Å². The van der Waals surface area contributed by atoms with Gasteiger partial charge in [0.25, 0.3) is 5.91 Å². The smallest absolute Gasteiger partial charge is 0.265 e. The molecule has 0 heterocycles. The monoisotopic (exact) mass is 311 g/mol. The van der Waals surface area contributed by atoms with E-state index in [-0.39, 0.29) is 5.91 Å². The molecule has 0 unspecified atom stereocenters. The highest BCUT2D eigenvalue weighted by Crippen LogP contribution is 2.22. The molecule has 2 aromatic carbocycles. The van der Waals surface area contributed by atoms with Gasteiger partial charge >= 0.3 is 0 Å². The van der Waals surface area contributed by atoms with Crippen LogP contribution in [0.3, 0.4) is 0 Å². The van der Waals surface area contributed by atoms with Crippen molar-refractivity contribution in [3.8, 4) is 5.75 Å². The number of hydrogen-bond donors (Lipinski definition) is 1. The van der Waals surface area contributed by atoms with Gasteiger partial charge in [0.2, 0.25) is 0 Å². The third-order valence-corrected chi connectivity index (χ3v) is 3.92. The van der Waals surface area contributed by atoms with Gasteiger partial charge in [-0.3, -0.25) is 4.79 Å². The minimum absolute atomic E-state index is 0.0991. The van der Waals surface area contributed by atoms with Crippen molar-refractivity contribution in [2.24, 2.45) is 0 Å². The maximum Gasteiger partial charge on any atom is 0.265 e. The molecule has 0 aliphatic heterocycles. The number of anilines is 1. The number of ether oxygens (including phenoxy) is 1. The number of carbonyl (C=O) groups excluding carboxylic acids is 1. The Hall–Kier alpha value is -2.29. The Morgan fingerprint density at radius 1 is 1.13 bits per heavy atom. The van der Waals surface area contributed by atoms with E-state index in [9.17, 15) is 4.79 Å². The molecule has 23 heavy (non-hydrogen) atoms. The average Bonchev–Trinajstić information content (AvgIpc) is 2.54. The number of aryl methyl sites for hydroxylation is 3. The quantitative estimate of drug-likeness (QED) is 0.842. The minimum atomic E-state index is -0.499. The van der Waals surface area contributed by atoms with Crippen LogP contribution in [-0.4, -0.2) is 12.0 Å². The maximum atomic E-state index is 12.6. The van der Waals surface area contributed by atoms with Gasteiger partial charge in [-0.2, -0.15) is 0 Å². The molecule has 0 radical (unpaired) electrons. The largest absolute Gasteiger partial charge is 0.481 e. The summed E-state index contributed by atoms with van der Waals surface area (Å²) in [6, 6.07) is 13.8. The van der Waals surface area contributed by atoms with E-state index in [1.807, 2.05) is 63.2 Å². The van der Waals surface area contributed by atoms with E-state index in [1.165, 1.54) is 0 Å². The first-order valence-electron chi connectivity index (χ1n) is 8.17. The normalized spacial score (nSPS) is 11.8. The highest BCUT2D eigenvalue weighted by molar-refractivity contribution is 5.95. The summed E-state index contributed by atoms with van der Waals surface area (Å²) in [5.74, 6) is 0.630. The lowest BCUT2D eigenvalue weighted by Crippen LogP contribution is -2.33. The second-order valence-corrected chi connectivity index (χ2v) is 5.78. The van der Waals surface area contributed by atoms with Crippen molar-refractivity contribution in [3.63, 3.8) is 0 Å². The highest BCUT2D eigenvalue weighted by Gasteiger charge is 2.20. The lowest BCUT2D eigenvalue weighted by atomic mass is 10.1. The van der Waals surface area contributed by atoms with Gasteiger partial charge < -0.3 is 10.1 Å². The Balaban J connectivity index is 2.15. The molecule has 0 fully saturated rings. The minimum Gasteiger partial charge on any atom is -0.481 e. The molecule has 0 aliphatic carbocycles. The Morgan fingerprint density at radius 3 is 2.52 bits per heavy atom. The van der Waals surface area contributed by atoms with Crippen LogP contribution < -0.4 is 10.1 Å². The zero-order chi connectivity index (χ0) is 16.8. The van der Waals surface area contributed by atoms with E-state index in [0.29, 0.717) is 6.42 Å². The van der Waals surface area contributed by atoms with Crippen LogP contribution in [0.5, 0.6) is 5.75 Å². The molecule has 3 heteroatoms. The molecule has 2 aromatic rings. The van der Waals surface area contributed by atoms with E-state index in [1.54, 1.807) is 0 Å². The van der Waals surface area contributed by atoms with Crippen molar-refractivity contribution in [2.45, 2.75) is 46.6 Å². The van der Waals surface area contributed by atoms with Gasteiger partial charge in [-0.25, -0.2) is 0 Å². The summed E-state index contributed by atoms with van der Waals surface area (Å²) in [6.45, 7) is 8.06. The molecule has 1 N–H and O–H groups in total. The Bertz CT molecular complexity index is 679. The fourth-order valence-electron chi connectivity index (χ4n) is 2.58. The number of amides is 1. The van der Waals surface area contributed by atoms with Gasteiger partial charge in [0.1, 0.15) is 5.75 Å². The third kappa shape index (κ3) is 4.35. The molecule has 2 rings (SSSR count). The molecule has 3 nitrogen and oxygen atoms in total. The van der Waals surface area contributed by atoms with Gasteiger partial charge in [0.15, 0.2) is 6.10 Å². The third-order valence-electron chi connectivity index (χ3n) is 3.92. The summed E-state index contributed by atoms with van der Waals surface area (Å²) >= 11 is 0. The van der Waals surface area contributed by atoms with Crippen molar-refractivity contribution in [2.75, 3.05) is 5.32 Å². The zero-order valence-corrected chi connectivity index (χ0v) is 14.3. The molecule has 0 saturated carbocycles. The highest BCUT2D eigenvalue weighted by atomic mass is 16.5. The van der Waals surface area contributed by atoms with Crippen LogP contribution in [-0.2, 0) is 11.2 Å². The number of nitrogens with one attached hydrogen (secondary N) is 1. The van der Waals surface area contributed by atoms with Gasteiger partial charge in [-0.05, 0) is 55.5 Å². The summed E-state index contributed by atoms with van der Waals surface area (Å²) in [4.78, 5) is 12.6. The number of para-hydroxylation sites is 1. The SMILES string of the molecule is CCc1cccc(C)c1NC(=O)[C@H](CC)Oc1cccc(C)c1. The van der Waals surface area contributed by atoms with E-state index in [4.69, 9.17) is 4.74 Å². The summed E-state index contributed by atoms with van der Waals surface area (Å²) < 4.78 is 5.88. The van der Waals surface area contributed by atoms with Crippen LogP contribution in [0.25, 0.3) is 0 Å². The lowest BCUT2D eigenvalue weighted by Gasteiger charge is -2.19. The van der Waals surface area contributed by atoms with E-state index < -0.39 is 6.10 Å². The van der Waals surface area contributed by atoms with Crippen molar-refractivity contribution < 1.29 is 9.53 Å². The van der Waals surface area contributed by atoms with Crippen molar-refractivity contribution in [1.82, 2.24) is 0 Å². The first-order chi connectivity index (χ1) is 11.0. The van der Waals surface area contributed by atoms with E-state index >= 15 is 0 Å². The van der Waals surface area contributed by atoms with Crippen molar-refractivity contribution in [1.29, 1.82) is 0 Å². The fourth-order valence-corrected chi connectivity index (χ4v) is 2.58. The van der Waals surface area contributed by atoms with Gasteiger partial charge in [-0.15, -0.1) is 0 Å². The first kappa shape index (κ1) is 17.1. The summed E-state index contributed by atoms with van der Waals surface area (Å²) in [5, 5.41) is 3.05. The van der Waals surface area contributed by atoms with Gasteiger partial charge in [-0.1, -0.05) is 44.2 Å². The number of hydrogen-bond acceptors (Lipinski definition) is 2. The zero-order valence-electron chi connectivity index (χ0n) is 14.3. The first-order valence-corrected chi connectivity index (χ1v) is 8.17. The van der Waals surface area contributed by atoms with Crippen LogP contribution >= 0.6 is 0 Å².